The minimum absolute atomic E-state index is 0.0294. The summed E-state index contributed by atoms with van der Waals surface area (Å²) >= 11 is 1.56. The van der Waals surface area contributed by atoms with Crippen molar-refractivity contribution in [2.24, 2.45) is 0 Å². The molecule has 132 valence electrons. The maximum atomic E-state index is 12.1. The maximum Gasteiger partial charge on any atom is 0.225 e. The van der Waals surface area contributed by atoms with Gasteiger partial charge in [0.05, 0.1) is 12.1 Å². The standard InChI is InChI=1S/C19H23N3O2S/c1-3-24-10-4-9-20-18(23)11-16-13-25-19-21-17(12-22(16)19)15-7-5-14(2)6-8-15/h5-8,12-13H,3-4,9-11H2,1-2H3,(H,20,23). The molecule has 6 heteroatoms. The smallest absolute Gasteiger partial charge is 0.225 e. The monoisotopic (exact) mass is 357 g/mol. The number of aromatic nitrogens is 2. The van der Waals surface area contributed by atoms with Crippen molar-refractivity contribution in [1.82, 2.24) is 14.7 Å². The highest BCUT2D eigenvalue weighted by atomic mass is 32.1. The average molecular weight is 357 g/mol. The lowest BCUT2D eigenvalue weighted by atomic mass is 10.1. The third kappa shape index (κ3) is 4.46. The van der Waals surface area contributed by atoms with Gasteiger partial charge < -0.3 is 10.1 Å². The molecule has 5 nitrogen and oxygen atoms in total. The summed E-state index contributed by atoms with van der Waals surface area (Å²) in [6, 6.07) is 8.32. The minimum Gasteiger partial charge on any atom is -0.382 e. The third-order valence-corrected chi connectivity index (χ3v) is 4.85. The van der Waals surface area contributed by atoms with Crippen LogP contribution in [-0.2, 0) is 16.0 Å². The van der Waals surface area contributed by atoms with Gasteiger partial charge in [-0.1, -0.05) is 29.8 Å². The van der Waals surface area contributed by atoms with Gasteiger partial charge in [0.25, 0.3) is 0 Å². The lowest BCUT2D eigenvalue weighted by molar-refractivity contribution is -0.120. The number of hydrogen-bond donors (Lipinski definition) is 1. The first-order valence-corrected chi connectivity index (χ1v) is 9.42. The van der Waals surface area contributed by atoms with Crippen molar-refractivity contribution in [3.63, 3.8) is 0 Å². The van der Waals surface area contributed by atoms with Gasteiger partial charge in [0.2, 0.25) is 5.91 Å². The molecule has 0 aliphatic carbocycles. The summed E-state index contributed by atoms with van der Waals surface area (Å²) in [5.74, 6) is 0.0294. The number of hydrogen-bond acceptors (Lipinski definition) is 4. The number of imidazole rings is 1. The quantitative estimate of drug-likeness (QED) is 0.628. The molecular weight excluding hydrogens is 334 g/mol. The molecule has 1 amide bonds. The van der Waals surface area contributed by atoms with Gasteiger partial charge >= 0.3 is 0 Å². The SMILES string of the molecule is CCOCCCNC(=O)Cc1csc2nc(-c3ccc(C)cc3)cn12. The zero-order valence-corrected chi connectivity index (χ0v) is 15.4. The summed E-state index contributed by atoms with van der Waals surface area (Å²) in [5, 5.41) is 4.94. The number of rotatable bonds is 8. The molecule has 2 aromatic heterocycles. The predicted molar refractivity (Wildman–Crippen MR) is 101 cm³/mol. The Hall–Kier alpha value is -2.18. The van der Waals surface area contributed by atoms with Gasteiger partial charge in [-0.15, -0.1) is 11.3 Å². The Morgan fingerprint density at radius 3 is 2.88 bits per heavy atom. The van der Waals surface area contributed by atoms with E-state index in [0.717, 1.165) is 28.3 Å². The number of aryl methyl sites for hydroxylation is 1. The molecule has 0 unspecified atom stereocenters. The number of ether oxygens (including phenoxy) is 1. The molecule has 1 aromatic carbocycles. The second kappa shape index (κ2) is 8.27. The van der Waals surface area contributed by atoms with Crippen LogP contribution >= 0.6 is 11.3 Å². The molecule has 3 rings (SSSR count). The van der Waals surface area contributed by atoms with Crippen LogP contribution in [0.3, 0.4) is 0 Å². The highest BCUT2D eigenvalue weighted by Gasteiger charge is 2.12. The van der Waals surface area contributed by atoms with Crippen LogP contribution in [0.1, 0.15) is 24.6 Å². The van der Waals surface area contributed by atoms with Crippen molar-refractivity contribution in [2.75, 3.05) is 19.8 Å². The third-order valence-electron chi connectivity index (χ3n) is 3.96. The van der Waals surface area contributed by atoms with Crippen molar-refractivity contribution >= 4 is 22.2 Å². The molecule has 0 radical (unpaired) electrons. The van der Waals surface area contributed by atoms with Crippen LogP contribution in [0.25, 0.3) is 16.2 Å². The van der Waals surface area contributed by atoms with E-state index in [1.807, 2.05) is 22.9 Å². The van der Waals surface area contributed by atoms with Crippen LogP contribution in [0.4, 0.5) is 0 Å². The Balaban J connectivity index is 1.64. The molecule has 25 heavy (non-hydrogen) atoms. The van der Waals surface area contributed by atoms with Gasteiger partial charge in [-0.3, -0.25) is 9.20 Å². The van der Waals surface area contributed by atoms with E-state index in [2.05, 4.69) is 41.5 Å². The number of nitrogens with one attached hydrogen (secondary N) is 1. The lowest BCUT2D eigenvalue weighted by Gasteiger charge is -2.05. The molecule has 1 N–H and O–H groups in total. The van der Waals surface area contributed by atoms with Crippen LogP contribution in [0.5, 0.6) is 0 Å². The molecule has 2 heterocycles. The normalized spacial score (nSPS) is 11.1. The number of nitrogens with zero attached hydrogens (tertiary/aromatic N) is 2. The van der Waals surface area contributed by atoms with Crippen molar-refractivity contribution < 1.29 is 9.53 Å². The summed E-state index contributed by atoms with van der Waals surface area (Å²) in [5.41, 5.74) is 4.22. The molecule has 3 aromatic rings. The zero-order chi connectivity index (χ0) is 17.6. The fraction of sp³-hybridized carbons (Fsp3) is 0.368. The average Bonchev–Trinajstić information content (AvgIpc) is 3.17. The molecule has 0 saturated carbocycles. The Bertz CT molecular complexity index is 836. The molecular formula is C19H23N3O2S. The Labute approximate surface area is 151 Å². The maximum absolute atomic E-state index is 12.1. The summed E-state index contributed by atoms with van der Waals surface area (Å²) in [7, 11) is 0. The largest absolute Gasteiger partial charge is 0.382 e. The summed E-state index contributed by atoms with van der Waals surface area (Å²) < 4.78 is 7.28. The van der Waals surface area contributed by atoms with E-state index >= 15 is 0 Å². The van der Waals surface area contributed by atoms with Crippen LogP contribution < -0.4 is 5.32 Å². The summed E-state index contributed by atoms with van der Waals surface area (Å²) in [6.45, 7) is 6.08. The second-order valence-corrected chi connectivity index (χ2v) is 6.79. The van der Waals surface area contributed by atoms with Gasteiger partial charge in [0.15, 0.2) is 4.96 Å². The van der Waals surface area contributed by atoms with E-state index in [1.165, 1.54) is 5.56 Å². The molecule has 0 saturated heterocycles. The Morgan fingerprint density at radius 2 is 2.12 bits per heavy atom. The fourth-order valence-corrected chi connectivity index (χ4v) is 3.47. The lowest BCUT2D eigenvalue weighted by Crippen LogP contribution is -2.27. The number of amides is 1. The van der Waals surface area contributed by atoms with E-state index in [4.69, 9.17) is 4.74 Å². The van der Waals surface area contributed by atoms with Crippen LogP contribution in [-0.4, -0.2) is 35.1 Å². The predicted octanol–water partition coefficient (Wildman–Crippen LogP) is 3.46. The summed E-state index contributed by atoms with van der Waals surface area (Å²) in [6.07, 6.45) is 3.20. The number of carbonyl (C=O) groups excluding carboxylic acids is 1. The zero-order valence-electron chi connectivity index (χ0n) is 14.6. The summed E-state index contributed by atoms with van der Waals surface area (Å²) in [4.78, 5) is 17.7. The molecule has 0 aliphatic heterocycles. The first-order chi connectivity index (χ1) is 12.2. The highest BCUT2D eigenvalue weighted by Crippen LogP contribution is 2.24. The van der Waals surface area contributed by atoms with Gasteiger partial charge in [-0.25, -0.2) is 4.98 Å². The van der Waals surface area contributed by atoms with Crippen molar-refractivity contribution in [1.29, 1.82) is 0 Å². The van der Waals surface area contributed by atoms with Crippen LogP contribution in [0.15, 0.2) is 35.8 Å². The number of carbonyl (C=O) groups is 1. The van der Waals surface area contributed by atoms with Crippen LogP contribution in [0, 0.1) is 6.92 Å². The van der Waals surface area contributed by atoms with Gasteiger partial charge in [-0.2, -0.15) is 0 Å². The Kier molecular flexibility index (Phi) is 5.83. The van der Waals surface area contributed by atoms with Crippen molar-refractivity contribution in [3.8, 4) is 11.3 Å². The molecule has 0 fully saturated rings. The molecule has 0 aliphatic rings. The minimum atomic E-state index is 0.0294. The van der Waals surface area contributed by atoms with Crippen LogP contribution in [0.2, 0.25) is 0 Å². The van der Waals surface area contributed by atoms with E-state index in [-0.39, 0.29) is 5.91 Å². The second-order valence-electron chi connectivity index (χ2n) is 5.95. The number of fused-ring (bicyclic) bond motifs is 1. The number of benzene rings is 1. The molecule has 0 bridgehead atoms. The van der Waals surface area contributed by atoms with Gasteiger partial charge in [-0.05, 0) is 20.3 Å². The first kappa shape index (κ1) is 17.6. The van der Waals surface area contributed by atoms with Gasteiger partial charge in [0, 0.05) is 42.6 Å². The fourth-order valence-electron chi connectivity index (χ4n) is 2.59. The van der Waals surface area contributed by atoms with E-state index in [9.17, 15) is 4.79 Å². The van der Waals surface area contributed by atoms with Crippen molar-refractivity contribution in [3.05, 3.63) is 47.1 Å². The Morgan fingerprint density at radius 1 is 1.32 bits per heavy atom. The first-order valence-electron chi connectivity index (χ1n) is 8.54. The van der Waals surface area contributed by atoms with E-state index in [0.29, 0.717) is 26.2 Å². The van der Waals surface area contributed by atoms with E-state index in [1.54, 1.807) is 11.3 Å². The molecule has 0 atom stereocenters. The topological polar surface area (TPSA) is 55.6 Å². The van der Waals surface area contributed by atoms with E-state index < -0.39 is 0 Å². The number of thiazole rings is 1. The van der Waals surface area contributed by atoms with Gasteiger partial charge in [0.1, 0.15) is 0 Å². The van der Waals surface area contributed by atoms with Crippen molar-refractivity contribution in [2.45, 2.75) is 26.7 Å². The highest BCUT2D eigenvalue weighted by molar-refractivity contribution is 7.15. The molecule has 0 spiro atoms.